The van der Waals surface area contributed by atoms with Gasteiger partial charge in [0.25, 0.3) is 0 Å². The normalized spacial score (nSPS) is 11.3. The number of nitrogens with zero attached hydrogens (tertiary/aromatic N) is 3. The van der Waals surface area contributed by atoms with Gasteiger partial charge in [-0.1, -0.05) is 115 Å². The second-order valence-electron chi connectivity index (χ2n) is 13.1. The van der Waals surface area contributed by atoms with Crippen molar-refractivity contribution < 1.29 is 0 Å². The van der Waals surface area contributed by atoms with Crippen molar-refractivity contribution in [2.45, 2.75) is 0 Å². The van der Waals surface area contributed by atoms with Crippen LogP contribution in [0.25, 0.3) is 65.6 Å². The zero-order valence-corrected chi connectivity index (χ0v) is 31.4. The average molecular weight is 758 g/mol. The van der Waals surface area contributed by atoms with E-state index in [1.54, 1.807) is 30.3 Å². The predicted molar refractivity (Wildman–Crippen MR) is 236 cm³/mol. The maximum Gasteiger partial charge on any atom is 0.119 e. The molecule has 0 spiro atoms. The summed E-state index contributed by atoms with van der Waals surface area (Å²) in [7, 11) is 0. The molecule has 6 aromatic carbocycles. The smallest absolute Gasteiger partial charge is 0.119 e. The Morgan fingerprint density at radius 2 is 0.643 bits per heavy atom. The molecule has 3 heterocycles. The van der Waals surface area contributed by atoms with Crippen LogP contribution in [0.5, 0.6) is 0 Å². The SMILES string of the molecule is N=C(SC(=N)c1cccc(-c2cc3ccccc3c3ccccc23)n1)c1cccc(C(=N)SC(=N)c2cccc(-c3cc4ccccc4c4ccccc34)n2)n1. The molecule has 9 heteroatoms. The summed E-state index contributed by atoms with van der Waals surface area (Å²) < 4.78 is 0. The number of pyridine rings is 3. The minimum atomic E-state index is 0.0602. The molecular formula is C47H31N7S2. The molecule has 0 fully saturated rings. The topological polar surface area (TPSA) is 134 Å². The van der Waals surface area contributed by atoms with Gasteiger partial charge in [0.1, 0.15) is 20.2 Å². The number of rotatable bonds is 6. The zero-order chi connectivity index (χ0) is 38.2. The van der Waals surface area contributed by atoms with Crippen LogP contribution in [0, 0.1) is 21.6 Å². The highest BCUT2D eigenvalue weighted by Gasteiger charge is 2.18. The summed E-state index contributed by atoms with van der Waals surface area (Å²) in [4.78, 5) is 14.4. The molecule has 4 N–H and O–H groups in total. The molecule has 0 radical (unpaired) electrons. The third kappa shape index (κ3) is 6.63. The molecule has 56 heavy (non-hydrogen) atoms. The molecular weight excluding hydrogens is 727 g/mol. The van der Waals surface area contributed by atoms with Crippen molar-refractivity contribution in [1.29, 1.82) is 21.6 Å². The molecule has 0 bridgehead atoms. The molecule has 9 rings (SSSR count). The maximum absolute atomic E-state index is 8.90. The van der Waals surface area contributed by atoms with Crippen LogP contribution in [-0.2, 0) is 0 Å². The highest BCUT2D eigenvalue weighted by atomic mass is 32.2. The highest BCUT2D eigenvalue weighted by Crippen LogP contribution is 2.36. The van der Waals surface area contributed by atoms with E-state index in [4.69, 9.17) is 31.6 Å². The molecule has 0 aliphatic heterocycles. The van der Waals surface area contributed by atoms with Gasteiger partial charge in [0, 0.05) is 11.1 Å². The largest absolute Gasteiger partial charge is 0.292 e. The van der Waals surface area contributed by atoms with Crippen molar-refractivity contribution >= 4 is 86.8 Å². The van der Waals surface area contributed by atoms with Crippen molar-refractivity contribution in [3.8, 4) is 22.5 Å². The average Bonchev–Trinajstić information content (AvgIpc) is 3.26. The molecule has 266 valence electrons. The Labute approximate surface area is 330 Å². The standard InChI is InChI=1S/C47H31N7S2/c48-44(40-22-9-20-38(52-40)36-26-28-12-1-3-14-30(28)32-16-5-7-18-34(32)36)55-46(50)42-24-11-25-43(54-42)47(51)56-45(49)41-23-10-21-39(53-41)37-27-29-13-2-4-15-31(29)33-17-6-8-19-35(33)37/h1-27,48-51H. The Kier molecular flexibility index (Phi) is 9.22. The first-order chi connectivity index (χ1) is 27.4. The zero-order valence-electron chi connectivity index (χ0n) is 29.7. The summed E-state index contributed by atoms with van der Waals surface area (Å²) in [6, 6.07) is 53.8. The van der Waals surface area contributed by atoms with E-state index in [1.165, 1.54) is 10.8 Å². The number of nitrogens with one attached hydrogen (secondary N) is 4. The number of fused-ring (bicyclic) bond motifs is 6. The molecule has 0 unspecified atom stereocenters. The highest BCUT2D eigenvalue weighted by molar-refractivity contribution is 8.27. The van der Waals surface area contributed by atoms with E-state index in [0.29, 0.717) is 22.8 Å². The first-order valence-corrected chi connectivity index (χ1v) is 19.5. The van der Waals surface area contributed by atoms with Crippen molar-refractivity contribution in [3.05, 3.63) is 187 Å². The van der Waals surface area contributed by atoms with Gasteiger partial charge in [-0.2, -0.15) is 0 Å². The second-order valence-corrected chi connectivity index (χ2v) is 15.2. The summed E-state index contributed by atoms with van der Waals surface area (Å²) in [5.41, 5.74) is 5.02. The van der Waals surface area contributed by atoms with E-state index in [2.05, 4.69) is 65.6 Å². The van der Waals surface area contributed by atoms with Gasteiger partial charge < -0.3 is 0 Å². The van der Waals surface area contributed by atoms with Crippen LogP contribution in [0.2, 0.25) is 0 Å². The Bertz CT molecular complexity index is 2880. The fourth-order valence-electron chi connectivity index (χ4n) is 7.06. The first kappa shape index (κ1) is 34.9. The monoisotopic (exact) mass is 757 g/mol. The van der Waals surface area contributed by atoms with Gasteiger partial charge in [-0.05, 0) is 115 Å². The summed E-state index contributed by atoms with van der Waals surface area (Å²) in [5.74, 6) is 0. The van der Waals surface area contributed by atoms with Crippen LogP contribution in [-0.4, -0.2) is 35.1 Å². The lowest BCUT2D eigenvalue weighted by molar-refractivity contribution is 1.26. The van der Waals surface area contributed by atoms with Crippen LogP contribution in [0.15, 0.2) is 164 Å². The summed E-state index contributed by atoms with van der Waals surface area (Å²) in [6.45, 7) is 0. The third-order valence-electron chi connectivity index (χ3n) is 9.67. The van der Waals surface area contributed by atoms with Crippen molar-refractivity contribution in [2.24, 2.45) is 0 Å². The lowest BCUT2D eigenvalue weighted by Gasteiger charge is -2.12. The molecule has 0 saturated heterocycles. The molecule has 0 aliphatic carbocycles. The third-order valence-corrected chi connectivity index (χ3v) is 11.3. The van der Waals surface area contributed by atoms with Crippen LogP contribution in [0.1, 0.15) is 22.8 Å². The Morgan fingerprint density at radius 3 is 1.05 bits per heavy atom. The number of hydrogen-bond acceptors (Lipinski definition) is 9. The lowest BCUT2D eigenvalue weighted by Crippen LogP contribution is -2.09. The van der Waals surface area contributed by atoms with E-state index in [9.17, 15) is 0 Å². The van der Waals surface area contributed by atoms with E-state index in [1.807, 2.05) is 72.8 Å². The van der Waals surface area contributed by atoms with Crippen molar-refractivity contribution in [3.63, 3.8) is 0 Å². The summed E-state index contributed by atoms with van der Waals surface area (Å²) >= 11 is 1.92. The van der Waals surface area contributed by atoms with Crippen molar-refractivity contribution in [2.75, 3.05) is 0 Å². The predicted octanol–water partition coefficient (Wildman–Crippen LogP) is 12.0. The fourth-order valence-corrected chi connectivity index (χ4v) is 8.34. The minimum absolute atomic E-state index is 0.0602. The maximum atomic E-state index is 8.90. The molecule has 3 aromatic heterocycles. The van der Waals surface area contributed by atoms with Gasteiger partial charge in [-0.25, -0.2) is 15.0 Å². The first-order valence-electron chi connectivity index (χ1n) is 17.9. The summed E-state index contributed by atoms with van der Waals surface area (Å²) in [5, 5.41) is 44.9. The van der Waals surface area contributed by atoms with Gasteiger partial charge in [0.15, 0.2) is 0 Å². The van der Waals surface area contributed by atoms with Gasteiger partial charge in [0.2, 0.25) is 0 Å². The molecule has 9 aromatic rings. The van der Waals surface area contributed by atoms with Crippen LogP contribution in [0.4, 0.5) is 0 Å². The Morgan fingerprint density at radius 1 is 0.321 bits per heavy atom. The van der Waals surface area contributed by atoms with Crippen LogP contribution < -0.4 is 0 Å². The van der Waals surface area contributed by atoms with Gasteiger partial charge in [0.05, 0.1) is 34.2 Å². The fraction of sp³-hybridized carbons (Fsp3) is 0. The lowest BCUT2D eigenvalue weighted by atomic mass is 9.95. The van der Waals surface area contributed by atoms with Crippen molar-refractivity contribution in [1.82, 2.24) is 15.0 Å². The number of aromatic nitrogens is 3. The van der Waals surface area contributed by atoms with Crippen LogP contribution >= 0.6 is 23.5 Å². The Hall–Kier alpha value is -6.81. The molecule has 0 aliphatic rings. The van der Waals surface area contributed by atoms with E-state index < -0.39 is 0 Å². The molecule has 7 nitrogen and oxygen atoms in total. The summed E-state index contributed by atoms with van der Waals surface area (Å²) in [6.07, 6.45) is 0. The Balaban J connectivity index is 0.919. The number of thioether (sulfide) groups is 2. The molecule has 0 amide bonds. The minimum Gasteiger partial charge on any atom is -0.292 e. The van der Waals surface area contributed by atoms with Crippen LogP contribution in [0.3, 0.4) is 0 Å². The van der Waals surface area contributed by atoms with E-state index in [-0.39, 0.29) is 20.2 Å². The van der Waals surface area contributed by atoms with Gasteiger partial charge in [-0.15, -0.1) is 0 Å². The number of hydrogen-bond donors (Lipinski definition) is 4. The van der Waals surface area contributed by atoms with Gasteiger partial charge in [-0.3, -0.25) is 21.6 Å². The number of benzene rings is 6. The molecule has 0 atom stereocenters. The molecule has 0 saturated carbocycles. The van der Waals surface area contributed by atoms with Gasteiger partial charge >= 0.3 is 0 Å². The quantitative estimate of drug-likeness (QED) is 0.0761. The van der Waals surface area contributed by atoms with E-state index in [0.717, 1.165) is 78.4 Å². The second kappa shape index (κ2) is 14.8. The van der Waals surface area contributed by atoms with E-state index >= 15 is 0 Å².